The van der Waals surface area contributed by atoms with Gasteiger partial charge in [0.05, 0.1) is 17.9 Å². The Labute approximate surface area is 186 Å². The number of hydrogen-bond acceptors (Lipinski definition) is 6. The zero-order valence-electron chi connectivity index (χ0n) is 18.3. The lowest BCUT2D eigenvalue weighted by Crippen LogP contribution is -2.52. The minimum atomic E-state index is -0.338. The molecule has 0 fully saturated rings. The Bertz CT molecular complexity index is 1270. The number of hydrogen-bond donors (Lipinski definition) is 2. The van der Waals surface area contributed by atoms with Crippen molar-refractivity contribution in [3.63, 3.8) is 0 Å². The second-order valence-electron chi connectivity index (χ2n) is 8.43. The van der Waals surface area contributed by atoms with Crippen LogP contribution < -0.4 is 15.1 Å². The second-order valence-corrected chi connectivity index (χ2v) is 8.43. The van der Waals surface area contributed by atoms with E-state index in [0.29, 0.717) is 17.6 Å². The number of aromatic amines is 1. The zero-order valence-corrected chi connectivity index (χ0v) is 18.3. The van der Waals surface area contributed by atoms with Crippen LogP contribution in [0, 0.1) is 5.92 Å². The number of anilines is 5. The lowest BCUT2D eigenvalue weighted by molar-refractivity contribution is -0.119. The number of amides is 1. The summed E-state index contributed by atoms with van der Waals surface area (Å²) < 4.78 is 0. The first-order valence-corrected chi connectivity index (χ1v) is 10.7. The van der Waals surface area contributed by atoms with E-state index >= 15 is 0 Å². The topological polar surface area (TPSA) is 90.0 Å². The average molecular weight is 428 g/mol. The van der Waals surface area contributed by atoms with E-state index in [-0.39, 0.29) is 11.9 Å². The van der Waals surface area contributed by atoms with E-state index in [1.165, 1.54) is 0 Å². The van der Waals surface area contributed by atoms with Gasteiger partial charge in [-0.25, -0.2) is 4.98 Å². The van der Waals surface area contributed by atoms with E-state index in [9.17, 15) is 4.79 Å². The summed E-state index contributed by atoms with van der Waals surface area (Å²) in [5.41, 5.74) is 3.34. The minimum Gasteiger partial charge on any atom is -0.343 e. The lowest BCUT2D eigenvalue weighted by atomic mass is 10.1. The first-order valence-electron chi connectivity index (χ1n) is 10.7. The normalized spacial score (nSPS) is 16.0. The number of H-pyrrole nitrogens is 1. The van der Waals surface area contributed by atoms with Crippen LogP contribution in [0.5, 0.6) is 0 Å². The van der Waals surface area contributed by atoms with Gasteiger partial charge in [0, 0.05) is 23.3 Å². The van der Waals surface area contributed by atoms with Crippen molar-refractivity contribution in [1.82, 2.24) is 20.2 Å². The average Bonchev–Trinajstić information content (AvgIpc) is 3.26. The summed E-state index contributed by atoms with van der Waals surface area (Å²) in [5, 5.41) is 11.3. The molecule has 2 aromatic carbocycles. The van der Waals surface area contributed by atoms with Gasteiger partial charge in [-0.15, -0.1) is 0 Å². The third-order valence-electron chi connectivity index (χ3n) is 5.58. The smallest absolute Gasteiger partial charge is 0.254 e. The van der Waals surface area contributed by atoms with Crippen LogP contribution in [0.3, 0.4) is 0 Å². The fourth-order valence-electron chi connectivity index (χ4n) is 4.05. The summed E-state index contributed by atoms with van der Waals surface area (Å²) in [6.07, 6.45) is 3.51. The highest BCUT2D eigenvalue weighted by atomic mass is 16.2. The van der Waals surface area contributed by atoms with Crippen LogP contribution in [-0.4, -0.2) is 38.7 Å². The first kappa shape index (κ1) is 20.0. The van der Waals surface area contributed by atoms with Crippen molar-refractivity contribution < 1.29 is 4.79 Å². The van der Waals surface area contributed by atoms with Crippen molar-refractivity contribution in [2.45, 2.75) is 26.8 Å². The largest absolute Gasteiger partial charge is 0.343 e. The van der Waals surface area contributed by atoms with Gasteiger partial charge < -0.3 is 10.2 Å². The predicted molar refractivity (Wildman–Crippen MR) is 127 cm³/mol. The first-order chi connectivity index (χ1) is 15.5. The zero-order chi connectivity index (χ0) is 22.2. The van der Waals surface area contributed by atoms with Crippen LogP contribution in [0.25, 0.3) is 10.9 Å². The molecule has 3 heterocycles. The molecule has 1 aliphatic rings. The van der Waals surface area contributed by atoms with E-state index in [0.717, 1.165) is 34.6 Å². The molecule has 32 heavy (non-hydrogen) atoms. The van der Waals surface area contributed by atoms with Gasteiger partial charge in [-0.2, -0.15) is 10.1 Å². The molecule has 1 amide bonds. The number of carbonyl (C=O) groups excluding carboxylic acids is 1. The van der Waals surface area contributed by atoms with Gasteiger partial charge in [0.2, 0.25) is 5.95 Å². The molecule has 4 aromatic rings. The molecule has 0 unspecified atom stereocenters. The summed E-state index contributed by atoms with van der Waals surface area (Å²) in [7, 11) is 0. The van der Waals surface area contributed by atoms with E-state index in [1.807, 2.05) is 55.5 Å². The maximum Gasteiger partial charge on any atom is 0.254 e. The van der Waals surface area contributed by atoms with Gasteiger partial charge in [0.25, 0.3) is 5.91 Å². The van der Waals surface area contributed by atoms with Gasteiger partial charge in [-0.05, 0) is 43.2 Å². The molecule has 0 aliphatic carbocycles. The van der Waals surface area contributed by atoms with Gasteiger partial charge in [-0.1, -0.05) is 32.0 Å². The highest BCUT2D eigenvalue weighted by molar-refractivity contribution is 6.09. The molecule has 162 valence electrons. The van der Waals surface area contributed by atoms with Crippen molar-refractivity contribution in [2.75, 3.05) is 21.7 Å². The number of para-hydroxylation sites is 1. The van der Waals surface area contributed by atoms with E-state index in [4.69, 9.17) is 4.98 Å². The Hall–Kier alpha value is -3.94. The molecule has 0 radical (unpaired) electrons. The minimum absolute atomic E-state index is 0.0130. The second kappa shape index (κ2) is 7.96. The SMILES string of the molecule is CC(C)CN1c2nc(Nc3ccc4[nH]ncc4c3)ncc2N(c2ccccc2)C(=O)[C@H]1C. The van der Waals surface area contributed by atoms with Crippen molar-refractivity contribution in [3.05, 3.63) is 60.9 Å². The molecule has 1 aliphatic heterocycles. The molecule has 0 saturated heterocycles. The van der Waals surface area contributed by atoms with E-state index < -0.39 is 0 Å². The lowest BCUT2D eigenvalue weighted by Gasteiger charge is -2.41. The molecule has 0 spiro atoms. The third-order valence-corrected chi connectivity index (χ3v) is 5.58. The highest BCUT2D eigenvalue weighted by Crippen LogP contribution is 2.39. The Morgan fingerprint density at radius 1 is 1.12 bits per heavy atom. The number of fused-ring (bicyclic) bond motifs is 2. The predicted octanol–water partition coefficient (Wildman–Crippen LogP) is 4.63. The molecular formula is C24H25N7O. The molecule has 0 bridgehead atoms. The van der Waals surface area contributed by atoms with Crippen molar-refractivity contribution in [2.24, 2.45) is 5.92 Å². The number of nitrogens with zero attached hydrogens (tertiary/aromatic N) is 5. The van der Waals surface area contributed by atoms with Crippen LogP contribution >= 0.6 is 0 Å². The number of rotatable bonds is 5. The molecule has 8 nitrogen and oxygen atoms in total. The van der Waals surface area contributed by atoms with Gasteiger partial charge in [-0.3, -0.25) is 14.8 Å². The molecule has 2 aromatic heterocycles. The van der Waals surface area contributed by atoms with Gasteiger partial charge >= 0.3 is 0 Å². The summed E-state index contributed by atoms with van der Waals surface area (Å²) >= 11 is 0. The van der Waals surface area contributed by atoms with Crippen molar-refractivity contribution in [3.8, 4) is 0 Å². The Balaban J connectivity index is 1.57. The quantitative estimate of drug-likeness (QED) is 0.483. The van der Waals surface area contributed by atoms with Crippen LogP contribution in [0.4, 0.5) is 28.8 Å². The number of benzene rings is 2. The standard InChI is InChI=1S/C24H25N7O/c1-15(2)14-30-16(3)23(32)31(19-7-5-4-6-8-19)21-13-25-24(28-22(21)30)27-18-9-10-20-17(11-18)12-26-29-20/h4-13,15-16H,14H2,1-3H3,(H,26,29)(H,25,27,28)/t16-/m1/s1. The molecule has 0 saturated carbocycles. The third kappa shape index (κ3) is 3.53. The van der Waals surface area contributed by atoms with Crippen molar-refractivity contribution >= 4 is 45.6 Å². The van der Waals surface area contributed by atoms with Crippen LogP contribution in [-0.2, 0) is 4.79 Å². The van der Waals surface area contributed by atoms with E-state index in [1.54, 1.807) is 17.3 Å². The number of nitrogens with one attached hydrogen (secondary N) is 2. The van der Waals surface area contributed by atoms with Crippen molar-refractivity contribution in [1.29, 1.82) is 0 Å². The summed E-state index contributed by atoms with van der Waals surface area (Å²) in [6, 6.07) is 15.2. The number of aromatic nitrogens is 4. The van der Waals surface area contributed by atoms with Gasteiger partial charge in [0.1, 0.15) is 11.7 Å². The van der Waals surface area contributed by atoms with Crippen LogP contribution in [0.2, 0.25) is 0 Å². The molecular weight excluding hydrogens is 402 g/mol. The Kier molecular flexibility index (Phi) is 4.97. The Morgan fingerprint density at radius 3 is 2.72 bits per heavy atom. The summed E-state index contributed by atoms with van der Waals surface area (Å²) in [5.74, 6) is 1.61. The maximum atomic E-state index is 13.4. The molecule has 1 atom stereocenters. The van der Waals surface area contributed by atoms with E-state index in [2.05, 4.69) is 39.2 Å². The van der Waals surface area contributed by atoms with Crippen LogP contribution in [0.15, 0.2) is 60.9 Å². The Morgan fingerprint density at radius 2 is 1.94 bits per heavy atom. The van der Waals surface area contributed by atoms with Crippen LogP contribution in [0.1, 0.15) is 20.8 Å². The highest BCUT2D eigenvalue weighted by Gasteiger charge is 2.38. The molecule has 8 heteroatoms. The monoisotopic (exact) mass is 427 g/mol. The number of carbonyl (C=O) groups is 1. The summed E-state index contributed by atoms with van der Waals surface area (Å²) in [4.78, 5) is 26.6. The molecule has 2 N–H and O–H groups in total. The maximum absolute atomic E-state index is 13.4. The fourth-order valence-corrected chi connectivity index (χ4v) is 4.05. The summed E-state index contributed by atoms with van der Waals surface area (Å²) in [6.45, 7) is 6.94. The molecule has 5 rings (SSSR count). The van der Waals surface area contributed by atoms with Gasteiger partial charge in [0.15, 0.2) is 5.82 Å². The fraction of sp³-hybridized carbons (Fsp3) is 0.250.